The van der Waals surface area contributed by atoms with Gasteiger partial charge in [-0.1, -0.05) is 0 Å². The molecule has 0 amide bonds. The third-order valence-corrected chi connectivity index (χ3v) is 2.13. The van der Waals surface area contributed by atoms with Crippen LogP contribution >= 0.6 is 0 Å². The van der Waals surface area contributed by atoms with Crippen LogP contribution in [0.4, 0.5) is 48.3 Å². The summed E-state index contributed by atoms with van der Waals surface area (Å²) in [6, 6.07) is -2.88. The number of ether oxygens (including phenoxy) is 1. The highest BCUT2D eigenvalue weighted by molar-refractivity contribution is 5.30. The summed E-state index contributed by atoms with van der Waals surface area (Å²) in [5.41, 5.74) is 0. The Hall–Kier alpha value is -1.49. The molecule has 0 radical (unpaired) electrons. The van der Waals surface area contributed by atoms with Crippen LogP contribution in [0.15, 0.2) is 23.5 Å². The third kappa shape index (κ3) is 2.20. The summed E-state index contributed by atoms with van der Waals surface area (Å²) in [5.74, 6) is -22.2. The molecule has 20 heavy (non-hydrogen) atoms. The van der Waals surface area contributed by atoms with Gasteiger partial charge >= 0.3 is 24.0 Å². The van der Waals surface area contributed by atoms with Crippen LogP contribution in [0.1, 0.15) is 0 Å². The van der Waals surface area contributed by atoms with Gasteiger partial charge in [-0.05, 0) is 0 Å². The standard InChI is InChI=1S/C8HF11O/c9-1-2(10)4(20-5(12)3(1)11)6(13,14)7(15,16)8(17,18)19/h4H. The Morgan fingerprint density at radius 3 is 1.60 bits per heavy atom. The largest absolute Gasteiger partial charge is 0.460 e. The maximum absolute atomic E-state index is 13.0. The highest BCUT2D eigenvalue weighted by atomic mass is 19.4. The minimum Gasteiger partial charge on any atom is -0.451 e. The Labute approximate surface area is 102 Å². The van der Waals surface area contributed by atoms with Gasteiger partial charge in [0.2, 0.25) is 17.8 Å². The highest BCUT2D eigenvalue weighted by Crippen LogP contribution is 2.52. The molecule has 1 heterocycles. The third-order valence-electron chi connectivity index (χ3n) is 2.13. The lowest BCUT2D eigenvalue weighted by Gasteiger charge is -2.33. The van der Waals surface area contributed by atoms with Crippen LogP contribution in [0.2, 0.25) is 0 Å². The van der Waals surface area contributed by atoms with Crippen molar-refractivity contribution < 1.29 is 53.0 Å². The molecule has 0 saturated carbocycles. The van der Waals surface area contributed by atoms with Crippen molar-refractivity contribution >= 4 is 0 Å². The first-order chi connectivity index (χ1) is 8.75. The van der Waals surface area contributed by atoms with E-state index in [1.165, 1.54) is 0 Å². The molecule has 12 heteroatoms. The molecular formula is C8HF11O. The molecule has 1 rings (SSSR count). The molecule has 0 aliphatic carbocycles. The molecule has 116 valence electrons. The van der Waals surface area contributed by atoms with Crippen molar-refractivity contribution in [2.75, 3.05) is 0 Å². The van der Waals surface area contributed by atoms with E-state index in [1.807, 2.05) is 0 Å². The lowest BCUT2D eigenvalue weighted by molar-refractivity contribution is -0.370. The van der Waals surface area contributed by atoms with E-state index in [2.05, 4.69) is 4.74 Å². The van der Waals surface area contributed by atoms with Crippen molar-refractivity contribution in [3.05, 3.63) is 23.5 Å². The molecule has 0 fully saturated rings. The van der Waals surface area contributed by atoms with E-state index in [-0.39, 0.29) is 0 Å². The smallest absolute Gasteiger partial charge is 0.451 e. The molecular weight excluding hydrogens is 321 g/mol. The summed E-state index contributed by atoms with van der Waals surface area (Å²) < 4.78 is 140. The zero-order valence-electron chi connectivity index (χ0n) is 8.64. The predicted octanol–water partition coefficient (Wildman–Crippen LogP) is 4.48. The molecule has 1 nitrogen and oxygen atoms in total. The minimum atomic E-state index is -6.88. The minimum absolute atomic E-state index is 2.77. The molecule has 1 aliphatic heterocycles. The molecule has 1 aliphatic rings. The number of allylic oxidation sites excluding steroid dienone is 2. The van der Waals surface area contributed by atoms with Crippen LogP contribution in [0.25, 0.3) is 0 Å². The first kappa shape index (κ1) is 16.6. The number of hydrogen-bond acceptors (Lipinski definition) is 1. The molecule has 0 spiro atoms. The second-order valence-corrected chi connectivity index (χ2v) is 3.44. The van der Waals surface area contributed by atoms with Gasteiger partial charge in [0.15, 0.2) is 5.83 Å². The van der Waals surface area contributed by atoms with Gasteiger partial charge in [-0.2, -0.15) is 39.5 Å². The topological polar surface area (TPSA) is 9.23 Å². The van der Waals surface area contributed by atoms with Crippen molar-refractivity contribution in [2.24, 2.45) is 0 Å². The van der Waals surface area contributed by atoms with Crippen LogP contribution in [-0.2, 0) is 4.74 Å². The second kappa shape index (κ2) is 4.52. The van der Waals surface area contributed by atoms with E-state index < -0.39 is 47.6 Å². The van der Waals surface area contributed by atoms with E-state index in [9.17, 15) is 48.3 Å². The monoisotopic (exact) mass is 322 g/mol. The molecule has 0 aromatic carbocycles. The van der Waals surface area contributed by atoms with Crippen molar-refractivity contribution in [2.45, 2.75) is 24.1 Å². The van der Waals surface area contributed by atoms with Crippen LogP contribution in [0.5, 0.6) is 0 Å². The number of hydrogen-bond donors (Lipinski definition) is 0. The summed E-state index contributed by atoms with van der Waals surface area (Å²) in [7, 11) is 0. The van der Waals surface area contributed by atoms with E-state index in [0.717, 1.165) is 0 Å². The first-order valence-corrected chi connectivity index (χ1v) is 4.35. The summed E-state index contributed by atoms with van der Waals surface area (Å²) >= 11 is 0. The molecule has 0 saturated heterocycles. The van der Waals surface area contributed by atoms with Gasteiger partial charge in [0.25, 0.3) is 0 Å². The SMILES string of the molecule is FC1=C(F)C(F)=C(F)C(C(F)(F)C(F)(F)C(F)(F)F)O1. The lowest BCUT2D eigenvalue weighted by Crippen LogP contribution is -2.59. The van der Waals surface area contributed by atoms with Gasteiger partial charge in [0, 0.05) is 0 Å². The molecule has 1 unspecified atom stereocenters. The van der Waals surface area contributed by atoms with Crippen molar-refractivity contribution in [3.8, 4) is 0 Å². The van der Waals surface area contributed by atoms with Gasteiger partial charge in [-0.25, -0.2) is 8.78 Å². The Kier molecular flexibility index (Phi) is 3.74. The van der Waals surface area contributed by atoms with Crippen molar-refractivity contribution in [1.29, 1.82) is 0 Å². The summed E-state index contributed by atoms with van der Waals surface area (Å²) in [4.78, 5) is 0. The van der Waals surface area contributed by atoms with E-state index >= 15 is 0 Å². The van der Waals surface area contributed by atoms with Crippen molar-refractivity contribution in [3.63, 3.8) is 0 Å². The molecule has 0 N–H and O–H groups in total. The first-order valence-electron chi connectivity index (χ1n) is 4.35. The van der Waals surface area contributed by atoms with Crippen molar-refractivity contribution in [1.82, 2.24) is 0 Å². The van der Waals surface area contributed by atoms with Gasteiger partial charge < -0.3 is 4.74 Å². The zero-order chi connectivity index (χ0) is 16.1. The molecule has 0 aromatic rings. The summed E-state index contributed by atoms with van der Waals surface area (Å²) in [6.07, 6.45) is -11.2. The van der Waals surface area contributed by atoms with Gasteiger partial charge in [0.05, 0.1) is 0 Å². The van der Waals surface area contributed by atoms with Crippen LogP contribution in [-0.4, -0.2) is 24.1 Å². The van der Waals surface area contributed by atoms with E-state index in [4.69, 9.17) is 0 Å². The normalized spacial score (nSPS) is 22.2. The Bertz CT molecular complexity index is 471. The van der Waals surface area contributed by atoms with Gasteiger partial charge in [-0.3, -0.25) is 0 Å². The average Bonchev–Trinajstić information content (AvgIpc) is 2.29. The maximum Gasteiger partial charge on any atom is 0.460 e. The molecule has 1 atom stereocenters. The number of halogens is 11. The van der Waals surface area contributed by atoms with E-state index in [1.54, 1.807) is 0 Å². The van der Waals surface area contributed by atoms with E-state index in [0.29, 0.717) is 0 Å². The number of alkyl halides is 7. The zero-order valence-corrected chi connectivity index (χ0v) is 8.64. The Morgan fingerprint density at radius 2 is 1.20 bits per heavy atom. The maximum atomic E-state index is 13.0. The average molecular weight is 322 g/mol. The fourth-order valence-electron chi connectivity index (χ4n) is 1.10. The Balaban J connectivity index is 3.33. The van der Waals surface area contributed by atoms with Crippen LogP contribution in [0, 0.1) is 0 Å². The highest BCUT2D eigenvalue weighted by Gasteiger charge is 2.77. The fourth-order valence-corrected chi connectivity index (χ4v) is 1.10. The van der Waals surface area contributed by atoms with Crippen LogP contribution < -0.4 is 0 Å². The summed E-state index contributed by atoms with van der Waals surface area (Å²) in [6.45, 7) is 0. The number of rotatable bonds is 2. The van der Waals surface area contributed by atoms with Crippen LogP contribution in [0.3, 0.4) is 0 Å². The second-order valence-electron chi connectivity index (χ2n) is 3.44. The molecule has 0 bridgehead atoms. The van der Waals surface area contributed by atoms with Gasteiger partial charge in [-0.15, -0.1) is 0 Å². The van der Waals surface area contributed by atoms with Gasteiger partial charge in [0.1, 0.15) is 0 Å². The molecule has 0 aromatic heterocycles. The predicted molar refractivity (Wildman–Crippen MR) is 39.3 cm³/mol. The fraction of sp³-hybridized carbons (Fsp3) is 0.500. The Morgan fingerprint density at radius 1 is 0.750 bits per heavy atom. The quantitative estimate of drug-likeness (QED) is 0.681. The lowest BCUT2D eigenvalue weighted by atomic mass is 10.0. The summed E-state index contributed by atoms with van der Waals surface area (Å²) in [5, 5.41) is 0.